The van der Waals surface area contributed by atoms with Crippen LogP contribution in [0.15, 0.2) is 47.1 Å². The van der Waals surface area contributed by atoms with Crippen LogP contribution in [0.5, 0.6) is 0 Å². The van der Waals surface area contributed by atoms with Crippen LogP contribution in [0.4, 0.5) is 5.82 Å². The fraction of sp³-hybridized carbons (Fsp3) is 0.385. The van der Waals surface area contributed by atoms with Crippen LogP contribution >= 0.6 is 0 Å². The Labute approximate surface area is 208 Å². The van der Waals surface area contributed by atoms with Crippen molar-refractivity contribution in [3.8, 4) is 17.1 Å². The van der Waals surface area contributed by atoms with Crippen LogP contribution in [0.3, 0.4) is 0 Å². The zero-order chi connectivity index (χ0) is 24.5. The molecular formula is C26H28N6O4. The standard InChI is InChI=1S/C26H28N6O4/c1-17-3-2-4-18(13-17)19-15-27-32(16-19)26-29-21-14-22(25(33)28-20-5-9-34-10-6-20)36-23(21)24(30-26)31-7-11-35-12-8-31/h2-4,13-16,20H,5-12H2,1H3,(H,28,33). The van der Waals surface area contributed by atoms with E-state index in [4.69, 9.17) is 23.9 Å². The van der Waals surface area contributed by atoms with E-state index >= 15 is 0 Å². The van der Waals surface area contributed by atoms with Gasteiger partial charge in [0.05, 0.1) is 19.4 Å². The number of anilines is 1. The van der Waals surface area contributed by atoms with Gasteiger partial charge in [0.25, 0.3) is 11.9 Å². The lowest BCUT2D eigenvalue weighted by atomic mass is 10.1. The number of morpholine rings is 1. The minimum absolute atomic E-state index is 0.0731. The molecule has 0 spiro atoms. The van der Waals surface area contributed by atoms with Crippen LogP contribution in [-0.2, 0) is 9.47 Å². The number of aryl methyl sites for hydroxylation is 1. The van der Waals surface area contributed by atoms with Gasteiger partial charge in [0.15, 0.2) is 17.2 Å². The van der Waals surface area contributed by atoms with Gasteiger partial charge >= 0.3 is 0 Å². The fourth-order valence-corrected chi connectivity index (χ4v) is 4.61. The van der Waals surface area contributed by atoms with E-state index in [2.05, 4.69) is 40.4 Å². The van der Waals surface area contributed by atoms with E-state index in [-0.39, 0.29) is 17.7 Å². The average molecular weight is 489 g/mol. The highest BCUT2D eigenvalue weighted by Gasteiger charge is 2.25. The molecule has 3 aromatic heterocycles. The van der Waals surface area contributed by atoms with Crippen LogP contribution in [-0.4, -0.2) is 71.2 Å². The van der Waals surface area contributed by atoms with E-state index in [1.807, 2.05) is 12.3 Å². The third-order valence-electron chi connectivity index (χ3n) is 6.57. The summed E-state index contributed by atoms with van der Waals surface area (Å²) in [5.74, 6) is 1.02. The number of hydrogen-bond acceptors (Lipinski definition) is 8. The molecule has 10 nitrogen and oxygen atoms in total. The highest BCUT2D eigenvalue weighted by Crippen LogP contribution is 2.29. The van der Waals surface area contributed by atoms with Gasteiger partial charge in [-0.05, 0) is 25.3 Å². The molecule has 0 saturated carbocycles. The van der Waals surface area contributed by atoms with E-state index in [1.54, 1.807) is 16.9 Å². The van der Waals surface area contributed by atoms with Crippen molar-refractivity contribution in [3.05, 3.63) is 54.0 Å². The molecule has 0 radical (unpaired) electrons. The zero-order valence-corrected chi connectivity index (χ0v) is 20.1. The fourth-order valence-electron chi connectivity index (χ4n) is 4.61. The Morgan fingerprint density at radius 3 is 2.64 bits per heavy atom. The van der Waals surface area contributed by atoms with E-state index in [0.717, 1.165) is 24.0 Å². The minimum Gasteiger partial charge on any atom is -0.445 e. The molecule has 0 unspecified atom stereocenters. The number of carbonyl (C=O) groups is 1. The van der Waals surface area contributed by atoms with Gasteiger partial charge in [-0.15, -0.1) is 0 Å². The van der Waals surface area contributed by atoms with Crippen LogP contribution in [0, 0.1) is 6.92 Å². The normalized spacial score (nSPS) is 17.0. The molecule has 0 atom stereocenters. The third-order valence-corrected chi connectivity index (χ3v) is 6.57. The number of amides is 1. The second-order valence-corrected chi connectivity index (χ2v) is 9.17. The van der Waals surface area contributed by atoms with Gasteiger partial charge in [0.2, 0.25) is 0 Å². The topological polar surface area (TPSA) is 108 Å². The maximum absolute atomic E-state index is 13.0. The smallest absolute Gasteiger partial charge is 0.287 e. The molecule has 1 N–H and O–H groups in total. The van der Waals surface area contributed by atoms with Crippen molar-refractivity contribution >= 4 is 22.8 Å². The van der Waals surface area contributed by atoms with Crippen molar-refractivity contribution in [3.63, 3.8) is 0 Å². The van der Waals surface area contributed by atoms with Crippen LogP contribution in [0.25, 0.3) is 28.2 Å². The second kappa shape index (κ2) is 9.71. The molecule has 2 saturated heterocycles. The monoisotopic (exact) mass is 488 g/mol. The summed E-state index contributed by atoms with van der Waals surface area (Å²) in [7, 11) is 0. The Balaban J connectivity index is 1.37. The first-order chi connectivity index (χ1) is 17.6. The SMILES string of the molecule is Cc1cccc(-c2cnn(-c3nc(N4CCOCC4)c4oc(C(=O)NC5CCOCC5)cc4n3)c2)c1. The van der Waals surface area contributed by atoms with Crippen molar-refractivity contribution in [1.82, 2.24) is 25.1 Å². The quantitative estimate of drug-likeness (QED) is 0.457. The molecule has 2 aliphatic rings. The lowest BCUT2D eigenvalue weighted by Gasteiger charge is -2.27. The lowest BCUT2D eigenvalue weighted by molar-refractivity contribution is 0.0684. The van der Waals surface area contributed by atoms with Crippen LogP contribution < -0.4 is 10.2 Å². The summed E-state index contributed by atoms with van der Waals surface area (Å²) in [5, 5.41) is 7.59. The van der Waals surface area contributed by atoms with Crippen molar-refractivity contribution in [2.45, 2.75) is 25.8 Å². The molecule has 6 rings (SSSR count). The van der Waals surface area contributed by atoms with Gasteiger partial charge in [-0.1, -0.05) is 29.8 Å². The number of carbonyl (C=O) groups excluding carboxylic acids is 1. The zero-order valence-electron chi connectivity index (χ0n) is 20.1. The van der Waals surface area contributed by atoms with E-state index in [9.17, 15) is 4.79 Å². The molecule has 36 heavy (non-hydrogen) atoms. The number of aromatic nitrogens is 4. The van der Waals surface area contributed by atoms with Gasteiger partial charge in [-0.3, -0.25) is 4.79 Å². The van der Waals surface area contributed by atoms with Gasteiger partial charge in [0, 0.05) is 50.2 Å². The largest absolute Gasteiger partial charge is 0.445 e. The Hall–Kier alpha value is -3.76. The second-order valence-electron chi connectivity index (χ2n) is 9.17. The number of fused-ring (bicyclic) bond motifs is 1. The summed E-state index contributed by atoms with van der Waals surface area (Å²) in [6.07, 6.45) is 5.30. The first-order valence-corrected chi connectivity index (χ1v) is 12.3. The number of ether oxygens (including phenoxy) is 2. The van der Waals surface area contributed by atoms with Crippen molar-refractivity contribution in [2.24, 2.45) is 0 Å². The van der Waals surface area contributed by atoms with Crippen LogP contribution in [0.2, 0.25) is 0 Å². The van der Waals surface area contributed by atoms with E-state index in [1.165, 1.54) is 5.56 Å². The Bertz CT molecular complexity index is 1380. The molecule has 0 aliphatic carbocycles. The van der Waals surface area contributed by atoms with Gasteiger partial charge in [0.1, 0.15) is 5.52 Å². The average Bonchev–Trinajstić information content (AvgIpc) is 3.57. The molecule has 186 valence electrons. The summed E-state index contributed by atoms with van der Waals surface area (Å²) in [5.41, 5.74) is 4.28. The van der Waals surface area contributed by atoms with E-state index < -0.39 is 0 Å². The summed E-state index contributed by atoms with van der Waals surface area (Å²) < 4.78 is 18.6. The molecule has 2 fully saturated rings. The number of benzene rings is 1. The Kier molecular flexibility index (Phi) is 6.12. The highest BCUT2D eigenvalue weighted by molar-refractivity contribution is 5.97. The van der Waals surface area contributed by atoms with Crippen molar-refractivity contribution in [2.75, 3.05) is 44.4 Å². The summed E-state index contributed by atoms with van der Waals surface area (Å²) in [6, 6.07) is 10.0. The molecule has 2 aliphatic heterocycles. The summed E-state index contributed by atoms with van der Waals surface area (Å²) in [4.78, 5) is 24.6. The molecule has 10 heteroatoms. The molecule has 0 bridgehead atoms. The highest BCUT2D eigenvalue weighted by atomic mass is 16.5. The lowest BCUT2D eigenvalue weighted by Crippen LogP contribution is -2.38. The number of furan rings is 1. The minimum atomic E-state index is -0.254. The van der Waals surface area contributed by atoms with Crippen molar-refractivity contribution < 1.29 is 18.7 Å². The predicted octanol–water partition coefficient (Wildman–Crippen LogP) is 3.13. The summed E-state index contributed by atoms with van der Waals surface area (Å²) in [6.45, 7) is 5.89. The van der Waals surface area contributed by atoms with Crippen molar-refractivity contribution in [1.29, 1.82) is 0 Å². The van der Waals surface area contributed by atoms with Gasteiger partial charge < -0.3 is 24.1 Å². The molecular weight excluding hydrogens is 460 g/mol. The third kappa shape index (κ3) is 4.57. The number of nitrogens with one attached hydrogen (secondary N) is 1. The molecule has 1 amide bonds. The Morgan fingerprint density at radius 1 is 1.03 bits per heavy atom. The summed E-state index contributed by atoms with van der Waals surface area (Å²) >= 11 is 0. The maximum atomic E-state index is 13.0. The molecule has 5 heterocycles. The first kappa shape index (κ1) is 22.7. The molecule has 4 aromatic rings. The van der Waals surface area contributed by atoms with Gasteiger partial charge in [-0.2, -0.15) is 10.1 Å². The predicted molar refractivity (Wildman–Crippen MR) is 133 cm³/mol. The van der Waals surface area contributed by atoms with E-state index in [0.29, 0.717) is 62.4 Å². The first-order valence-electron chi connectivity index (χ1n) is 12.3. The maximum Gasteiger partial charge on any atom is 0.287 e. The molecule has 1 aromatic carbocycles. The number of hydrogen-bond donors (Lipinski definition) is 1. The number of nitrogens with zero attached hydrogens (tertiary/aromatic N) is 5. The Morgan fingerprint density at radius 2 is 1.83 bits per heavy atom. The number of rotatable bonds is 5. The van der Waals surface area contributed by atoms with Crippen LogP contribution in [0.1, 0.15) is 29.0 Å². The van der Waals surface area contributed by atoms with Gasteiger partial charge in [-0.25, -0.2) is 9.67 Å².